The van der Waals surface area contributed by atoms with Crippen LogP contribution in [-0.4, -0.2) is 37.4 Å². The Morgan fingerprint density at radius 1 is 1.09 bits per heavy atom. The predicted octanol–water partition coefficient (Wildman–Crippen LogP) is 5.25. The zero-order chi connectivity index (χ0) is 25.2. The van der Waals surface area contributed by atoms with E-state index in [0.29, 0.717) is 36.5 Å². The Morgan fingerprint density at radius 3 is 2.51 bits per heavy atom. The van der Waals surface area contributed by atoms with E-state index in [9.17, 15) is 18.6 Å². The van der Waals surface area contributed by atoms with E-state index in [4.69, 9.17) is 4.18 Å². The summed E-state index contributed by atoms with van der Waals surface area (Å²) in [6, 6.07) is 6.84. The first-order valence-electron chi connectivity index (χ1n) is 13.5. The molecule has 0 bridgehead atoms. The summed E-state index contributed by atoms with van der Waals surface area (Å²) in [4.78, 5) is 0.223. The van der Waals surface area contributed by atoms with Gasteiger partial charge < -0.3 is 10.2 Å². The monoisotopic (exact) mass is 502 g/mol. The number of allylic oxidation sites excluding steroid dienone is 1. The summed E-state index contributed by atoms with van der Waals surface area (Å²) in [5, 5.41) is 21.4. The maximum absolute atomic E-state index is 12.8. The Balaban J connectivity index is 1.31. The standard InChI is InChI=1S/C29H42O5S/c1-18-5-8-22(9-6-18)35(32,33)34-17-19(2)24-11-12-25-23-10-7-20-15-21(30)16-27(31)29(20,4)26(23)13-14-28(24,25)3/h5-9,19,21,23-27,30-31H,10-17H2,1-4H3/t19?,21-,23+,24-,25+,26+,27+,28-,29+/m1/s1. The normalized spacial score (nSPS) is 41.9. The van der Waals surface area contributed by atoms with Gasteiger partial charge in [0.25, 0.3) is 10.1 Å². The van der Waals surface area contributed by atoms with Crippen LogP contribution in [-0.2, 0) is 14.3 Å². The van der Waals surface area contributed by atoms with E-state index in [1.807, 2.05) is 6.92 Å². The van der Waals surface area contributed by atoms with E-state index < -0.39 is 22.3 Å². The second-order valence-electron chi connectivity index (χ2n) is 12.5. The molecule has 6 heteroatoms. The molecule has 35 heavy (non-hydrogen) atoms. The third kappa shape index (κ3) is 4.13. The summed E-state index contributed by atoms with van der Waals surface area (Å²) in [6.45, 7) is 8.98. The smallest absolute Gasteiger partial charge is 0.296 e. The van der Waals surface area contributed by atoms with Crippen LogP contribution in [0.2, 0.25) is 0 Å². The van der Waals surface area contributed by atoms with Crippen molar-refractivity contribution in [3.05, 3.63) is 41.5 Å². The lowest BCUT2D eigenvalue weighted by Gasteiger charge is -2.59. The van der Waals surface area contributed by atoms with Gasteiger partial charge >= 0.3 is 0 Å². The Morgan fingerprint density at radius 2 is 1.80 bits per heavy atom. The van der Waals surface area contributed by atoms with Crippen molar-refractivity contribution < 1.29 is 22.8 Å². The van der Waals surface area contributed by atoms with Gasteiger partial charge in [-0.05, 0) is 92.6 Å². The fourth-order valence-corrected chi connectivity index (χ4v) is 9.76. The first kappa shape index (κ1) is 25.4. The molecule has 3 saturated carbocycles. The van der Waals surface area contributed by atoms with Gasteiger partial charge in [-0.15, -0.1) is 0 Å². The molecular weight excluding hydrogens is 460 g/mol. The molecule has 1 aromatic rings. The molecule has 1 aromatic carbocycles. The van der Waals surface area contributed by atoms with Crippen molar-refractivity contribution in [3.63, 3.8) is 0 Å². The minimum Gasteiger partial charge on any atom is -0.393 e. The average molecular weight is 503 g/mol. The molecule has 194 valence electrons. The van der Waals surface area contributed by atoms with E-state index in [0.717, 1.165) is 37.7 Å². The fraction of sp³-hybridized carbons (Fsp3) is 0.724. The van der Waals surface area contributed by atoms with Crippen LogP contribution in [0.3, 0.4) is 0 Å². The lowest BCUT2D eigenvalue weighted by Crippen LogP contribution is -2.55. The van der Waals surface area contributed by atoms with Crippen LogP contribution >= 0.6 is 0 Å². The molecule has 2 N–H and O–H groups in total. The number of aliphatic hydroxyl groups excluding tert-OH is 2. The van der Waals surface area contributed by atoms with E-state index in [1.54, 1.807) is 24.3 Å². The molecule has 5 nitrogen and oxygen atoms in total. The van der Waals surface area contributed by atoms with E-state index in [-0.39, 0.29) is 28.3 Å². The molecular formula is C29H42O5S. The van der Waals surface area contributed by atoms with Crippen LogP contribution in [0.15, 0.2) is 40.8 Å². The molecule has 0 radical (unpaired) electrons. The van der Waals surface area contributed by atoms with Crippen LogP contribution in [0.25, 0.3) is 0 Å². The number of hydrogen-bond acceptors (Lipinski definition) is 5. The minimum absolute atomic E-state index is 0.155. The van der Waals surface area contributed by atoms with Gasteiger partial charge in [-0.3, -0.25) is 4.18 Å². The van der Waals surface area contributed by atoms with Gasteiger partial charge in [0.05, 0.1) is 23.7 Å². The van der Waals surface area contributed by atoms with Gasteiger partial charge in [-0.2, -0.15) is 8.42 Å². The third-order valence-corrected chi connectivity index (χ3v) is 12.0. The lowest BCUT2D eigenvalue weighted by molar-refractivity contribution is -0.108. The molecule has 1 unspecified atom stereocenters. The number of rotatable bonds is 5. The average Bonchev–Trinajstić information content (AvgIpc) is 3.16. The second kappa shape index (κ2) is 8.97. The van der Waals surface area contributed by atoms with Crippen LogP contribution in [0.5, 0.6) is 0 Å². The lowest BCUT2D eigenvalue weighted by atomic mass is 9.46. The van der Waals surface area contributed by atoms with E-state index >= 15 is 0 Å². The highest BCUT2D eigenvalue weighted by atomic mass is 32.2. The Labute approximate surface area is 211 Å². The van der Waals surface area contributed by atoms with Gasteiger partial charge in [0.1, 0.15) is 0 Å². The summed E-state index contributed by atoms with van der Waals surface area (Å²) in [7, 11) is -3.76. The third-order valence-electron chi connectivity index (χ3n) is 10.7. The highest BCUT2D eigenvalue weighted by Crippen LogP contribution is 2.67. The molecule has 0 heterocycles. The predicted molar refractivity (Wildman–Crippen MR) is 136 cm³/mol. The van der Waals surface area contributed by atoms with E-state index in [2.05, 4.69) is 26.8 Å². The molecule has 9 atom stereocenters. The summed E-state index contributed by atoms with van der Waals surface area (Å²) >= 11 is 0. The molecule has 4 aliphatic rings. The fourth-order valence-electron chi connectivity index (χ4n) is 8.76. The zero-order valence-corrected chi connectivity index (χ0v) is 22.4. The van der Waals surface area contributed by atoms with Crippen molar-refractivity contribution in [2.45, 2.75) is 89.7 Å². The molecule has 0 spiro atoms. The van der Waals surface area contributed by atoms with Gasteiger partial charge in [-0.25, -0.2) is 0 Å². The number of aryl methyl sites for hydroxylation is 1. The Bertz CT molecular complexity index is 1080. The van der Waals surface area contributed by atoms with Gasteiger partial charge in [0.15, 0.2) is 0 Å². The first-order valence-corrected chi connectivity index (χ1v) is 14.9. The van der Waals surface area contributed by atoms with Crippen molar-refractivity contribution in [3.8, 4) is 0 Å². The molecule has 0 amide bonds. The number of aliphatic hydroxyl groups is 2. The van der Waals surface area contributed by atoms with Crippen molar-refractivity contribution in [1.29, 1.82) is 0 Å². The molecule has 0 aliphatic heterocycles. The second-order valence-corrected chi connectivity index (χ2v) is 14.1. The van der Waals surface area contributed by atoms with Crippen LogP contribution in [0.1, 0.15) is 71.3 Å². The highest BCUT2D eigenvalue weighted by molar-refractivity contribution is 7.86. The molecule has 0 saturated heterocycles. The zero-order valence-electron chi connectivity index (χ0n) is 21.6. The van der Waals surface area contributed by atoms with Crippen LogP contribution in [0, 0.1) is 47.3 Å². The SMILES string of the molecule is Cc1ccc(S(=O)(=O)OCC(C)[C@H]2CC[C@H]3[C@@H]4CC=C5C[C@@H](O)C[C@H](O)[C@]5(C)[C@H]4CC[C@]23C)cc1. The molecule has 5 rings (SSSR count). The van der Waals surface area contributed by atoms with Crippen LogP contribution in [0.4, 0.5) is 0 Å². The number of hydrogen-bond donors (Lipinski definition) is 2. The van der Waals surface area contributed by atoms with Gasteiger partial charge in [-0.1, -0.05) is 50.1 Å². The van der Waals surface area contributed by atoms with Crippen molar-refractivity contribution in [2.24, 2.45) is 40.4 Å². The van der Waals surface area contributed by atoms with Gasteiger partial charge in [0, 0.05) is 11.8 Å². The van der Waals surface area contributed by atoms with E-state index in [1.165, 1.54) is 5.57 Å². The maximum Gasteiger partial charge on any atom is 0.296 e. The first-order chi connectivity index (χ1) is 16.5. The maximum atomic E-state index is 12.8. The Kier molecular flexibility index (Phi) is 6.52. The number of benzene rings is 1. The Hall–Kier alpha value is -1.21. The number of fused-ring (bicyclic) bond motifs is 5. The summed E-state index contributed by atoms with van der Waals surface area (Å²) in [5.74, 6) is 2.16. The minimum atomic E-state index is -3.76. The molecule has 4 aliphatic carbocycles. The van der Waals surface area contributed by atoms with Crippen molar-refractivity contribution in [2.75, 3.05) is 6.61 Å². The quantitative estimate of drug-likeness (QED) is 0.425. The summed E-state index contributed by atoms with van der Waals surface area (Å²) in [5.41, 5.74) is 2.23. The van der Waals surface area contributed by atoms with Crippen LogP contribution < -0.4 is 0 Å². The van der Waals surface area contributed by atoms with Crippen molar-refractivity contribution in [1.82, 2.24) is 0 Å². The highest BCUT2D eigenvalue weighted by Gasteiger charge is 2.61. The largest absolute Gasteiger partial charge is 0.393 e. The molecule has 0 aromatic heterocycles. The summed E-state index contributed by atoms with van der Waals surface area (Å²) < 4.78 is 31.1. The molecule has 3 fully saturated rings. The van der Waals surface area contributed by atoms with Crippen molar-refractivity contribution >= 4 is 10.1 Å². The van der Waals surface area contributed by atoms with Gasteiger partial charge in [0.2, 0.25) is 0 Å². The summed E-state index contributed by atoms with van der Waals surface area (Å²) in [6.07, 6.45) is 8.11. The topological polar surface area (TPSA) is 83.8 Å².